The lowest BCUT2D eigenvalue weighted by molar-refractivity contribution is 0.192. The largest absolute Gasteiger partial charge is 0.604 e. The van der Waals surface area contributed by atoms with Crippen LogP contribution in [0.1, 0.15) is 27.2 Å². The standard InChI is InChI=1S/C9H13O4P/c1-4-7-11-14(10,12-8-5-2)13-9-6-3/h4,7H2,1-3H3. The molecule has 0 saturated carbocycles. The molecular formula is C9H13O4P. The van der Waals surface area contributed by atoms with Gasteiger partial charge in [0, 0.05) is 13.8 Å². The third-order valence-corrected chi connectivity index (χ3v) is 2.10. The van der Waals surface area contributed by atoms with Crippen LogP contribution < -0.4 is 0 Å². The van der Waals surface area contributed by atoms with Crippen molar-refractivity contribution >= 4 is 7.82 Å². The number of hydrogen-bond donors (Lipinski definition) is 0. The van der Waals surface area contributed by atoms with Crippen LogP contribution in [0.3, 0.4) is 0 Å². The van der Waals surface area contributed by atoms with E-state index in [2.05, 4.69) is 33.1 Å². The van der Waals surface area contributed by atoms with E-state index in [1.807, 2.05) is 6.92 Å². The highest BCUT2D eigenvalue weighted by Crippen LogP contribution is 2.48. The van der Waals surface area contributed by atoms with Crippen LogP contribution in [-0.4, -0.2) is 6.61 Å². The van der Waals surface area contributed by atoms with Crippen molar-refractivity contribution in [3.05, 3.63) is 0 Å². The molecule has 0 saturated heterocycles. The van der Waals surface area contributed by atoms with E-state index < -0.39 is 7.82 Å². The molecule has 0 atom stereocenters. The molecule has 0 heterocycles. The van der Waals surface area contributed by atoms with Gasteiger partial charge in [-0.15, -0.1) is 0 Å². The van der Waals surface area contributed by atoms with Gasteiger partial charge in [0.15, 0.2) is 0 Å². The number of phosphoric acid groups is 1. The van der Waals surface area contributed by atoms with Gasteiger partial charge in [-0.2, -0.15) is 0 Å². The van der Waals surface area contributed by atoms with E-state index in [4.69, 9.17) is 4.52 Å². The first-order chi connectivity index (χ1) is 6.68. The predicted octanol–water partition coefficient (Wildman–Crippen LogP) is 2.52. The second-order valence-corrected chi connectivity index (χ2v) is 3.68. The quantitative estimate of drug-likeness (QED) is 0.523. The Hall–Kier alpha value is -1.09. The Bertz CT molecular complexity index is 289. The van der Waals surface area contributed by atoms with Crippen LogP contribution in [0.25, 0.3) is 0 Å². The number of rotatable bonds is 5. The molecule has 0 aromatic rings. The molecule has 0 amide bonds. The zero-order valence-electron chi connectivity index (χ0n) is 8.49. The first kappa shape index (κ1) is 12.9. The number of phosphoric ester groups is 1. The van der Waals surface area contributed by atoms with Gasteiger partial charge >= 0.3 is 7.82 Å². The molecule has 78 valence electrons. The Labute approximate surface area is 84.5 Å². The van der Waals surface area contributed by atoms with Gasteiger partial charge in [0.1, 0.15) is 12.2 Å². The van der Waals surface area contributed by atoms with E-state index in [1.165, 1.54) is 0 Å². The van der Waals surface area contributed by atoms with Crippen molar-refractivity contribution in [3.8, 4) is 24.1 Å². The minimum atomic E-state index is -3.62. The summed E-state index contributed by atoms with van der Waals surface area (Å²) in [5, 5.41) is 0. The van der Waals surface area contributed by atoms with Crippen LogP contribution in [-0.2, 0) is 18.1 Å². The minimum absolute atomic E-state index is 0.272. The molecular weight excluding hydrogens is 203 g/mol. The van der Waals surface area contributed by atoms with Gasteiger partial charge in [-0.05, 0) is 6.42 Å². The fourth-order valence-corrected chi connectivity index (χ4v) is 1.43. The first-order valence-electron chi connectivity index (χ1n) is 4.13. The molecule has 0 aliphatic heterocycles. The maximum Gasteiger partial charge on any atom is 0.604 e. The summed E-state index contributed by atoms with van der Waals surface area (Å²) >= 11 is 0. The van der Waals surface area contributed by atoms with Crippen LogP contribution >= 0.6 is 7.82 Å². The molecule has 4 nitrogen and oxygen atoms in total. The zero-order valence-corrected chi connectivity index (χ0v) is 9.39. The van der Waals surface area contributed by atoms with Crippen LogP contribution in [0.2, 0.25) is 0 Å². The van der Waals surface area contributed by atoms with Crippen molar-refractivity contribution in [1.29, 1.82) is 0 Å². The molecule has 0 rings (SSSR count). The summed E-state index contributed by atoms with van der Waals surface area (Å²) in [6.07, 6.45) is 5.06. The maximum absolute atomic E-state index is 11.6. The topological polar surface area (TPSA) is 44.8 Å². The third-order valence-electron chi connectivity index (χ3n) is 0.973. The van der Waals surface area contributed by atoms with Gasteiger partial charge < -0.3 is 9.05 Å². The third kappa shape index (κ3) is 5.54. The normalized spacial score (nSPS) is 9.07. The molecule has 5 heteroatoms. The van der Waals surface area contributed by atoms with Crippen molar-refractivity contribution in [1.82, 2.24) is 0 Å². The molecule has 0 fully saturated rings. The summed E-state index contributed by atoms with van der Waals surface area (Å²) in [6, 6.07) is 0. The molecule has 14 heavy (non-hydrogen) atoms. The SMILES string of the molecule is CC#COP(=O)(OC#CC)OCCC. The van der Waals surface area contributed by atoms with Gasteiger partial charge in [-0.3, -0.25) is 4.52 Å². The van der Waals surface area contributed by atoms with Gasteiger partial charge in [-0.25, -0.2) is 4.57 Å². The molecule has 0 unspecified atom stereocenters. The Morgan fingerprint density at radius 1 is 1.14 bits per heavy atom. The van der Waals surface area contributed by atoms with Crippen LogP contribution in [0, 0.1) is 24.1 Å². The molecule has 0 spiro atoms. The van der Waals surface area contributed by atoms with Crippen molar-refractivity contribution in [2.45, 2.75) is 27.2 Å². The highest BCUT2D eigenvalue weighted by atomic mass is 31.2. The summed E-state index contributed by atoms with van der Waals surface area (Å²) in [4.78, 5) is 0. The average molecular weight is 216 g/mol. The van der Waals surface area contributed by atoms with E-state index in [0.29, 0.717) is 6.42 Å². The summed E-state index contributed by atoms with van der Waals surface area (Å²) in [7, 11) is -3.62. The first-order valence-corrected chi connectivity index (χ1v) is 5.59. The van der Waals surface area contributed by atoms with E-state index in [0.717, 1.165) is 0 Å². The van der Waals surface area contributed by atoms with Crippen molar-refractivity contribution in [2.75, 3.05) is 6.61 Å². The van der Waals surface area contributed by atoms with Gasteiger partial charge in [-0.1, -0.05) is 18.8 Å². The zero-order chi connectivity index (χ0) is 10.9. The second kappa shape index (κ2) is 7.33. The van der Waals surface area contributed by atoms with Crippen molar-refractivity contribution < 1.29 is 18.1 Å². The fraction of sp³-hybridized carbons (Fsp3) is 0.556. The molecule has 0 N–H and O–H groups in total. The van der Waals surface area contributed by atoms with E-state index in [-0.39, 0.29) is 6.61 Å². The van der Waals surface area contributed by atoms with Crippen LogP contribution in [0.15, 0.2) is 0 Å². The highest BCUT2D eigenvalue weighted by Gasteiger charge is 2.28. The smallest absolute Gasteiger partial charge is 0.341 e. The van der Waals surface area contributed by atoms with E-state index >= 15 is 0 Å². The average Bonchev–Trinajstić information content (AvgIpc) is 2.21. The van der Waals surface area contributed by atoms with Gasteiger partial charge in [0.2, 0.25) is 0 Å². The van der Waals surface area contributed by atoms with E-state index in [9.17, 15) is 4.57 Å². The lowest BCUT2D eigenvalue weighted by Gasteiger charge is -2.10. The summed E-state index contributed by atoms with van der Waals surface area (Å²) in [6.45, 7) is 5.25. The Morgan fingerprint density at radius 3 is 2.00 bits per heavy atom. The molecule has 0 aromatic heterocycles. The van der Waals surface area contributed by atoms with Gasteiger partial charge in [0.25, 0.3) is 0 Å². The molecule has 0 aromatic carbocycles. The lowest BCUT2D eigenvalue weighted by Crippen LogP contribution is -1.95. The summed E-state index contributed by atoms with van der Waals surface area (Å²) in [5.41, 5.74) is 0. The molecule has 0 aliphatic rings. The minimum Gasteiger partial charge on any atom is -0.341 e. The summed E-state index contributed by atoms with van der Waals surface area (Å²) in [5.74, 6) is 4.85. The van der Waals surface area contributed by atoms with Crippen LogP contribution in [0.5, 0.6) is 0 Å². The fourth-order valence-electron chi connectivity index (χ4n) is 0.478. The molecule has 0 aliphatic carbocycles. The summed E-state index contributed by atoms with van der Waals surface area (Å²) < 4.78 is 25.8. The maximum atomic E-state index is 11.6. The Kier molecular flexibility index (Phi) is 6.76. The lowest BCUT2D eigenvalue weighted by atomic mass is 10.5. The predicted molar refractivity (Wildman–Crippen MR) is 52.9 cm³/mol. The number of hydrogen-bond acceptors (Lipinski definition) is 4. The monoisotopic (exact) mass is 216 g/mol. The second-order valence-electron chi connectivity index (χ2n) is 2.17. The molecule has 0 bridgehead atoms. The molecule has 0 radical (unpaired) electrons. The highest BCUT2D eigenvalue weighted by molar-refractivity contribution is 7.48. The van der Waals surface area contributed by atoms with Crippen LogP contribution in [0.4, 0.5) is 0 Å². The van der Waals surface area contributed by atoms with Crippen molar-refractivity contribution in [3.63, 3.8) is 0 Å². The van der Waals surface area contributed by atoms with E-state index in [1.54, 1.807) is 13.8 Å². The van der Waals surface area contributed by atoms with Crippen molar-refractivity contribution in [2.24, 2.45) is 0 Å². The Morgan fingerprint density at radius 2 is 1.64 bits per heavy atom. The Balaban J connectivity index is 4.35. The van der Waals surface area contributed by atoms with Gasteiger partial charge in [0.05, 0.1) is 6.61 Å².